The van der Waals surface area contributed by atoms with E-state index in [9.17, 15) is 10.1 Å². The van der Waals surface area contributed by atoms with Gasteiger partial charge in [-0.1, -0.05) is 24.3 Å². The molecule has 6 rings (SSSR count). The number of rotatable bonds is 8. The van der Waals surface area contributed by atoms with Crippen LogP contribution in [0.1, 0.15) is 19.3 Å². The molecule has 3 heterocycles. The molecule has 1 aliphatic carbocycles. The molecular weight excluding hydrogens is 480 g/mol. The Hall–Kier alpha value is -4.84. The molecular formula is C29H26N6O3. The number of nitriles is 1. The van der Waals surface area contributed by atoms with Crippen molar-refractivity contribution >= 4 is 22.8 Å². The average Bonchev–Trinajstić information content (AvgIpc) is 3.49. The van der Waals surface area contributed by atoms with Crippen molar-refractivity contribution in [3.63, 3.8) is 0 Å². The molecule has 2 aromatic carbocycles. The molecule has 0 bridgehead atoms. The number of H-pyrrole nitrogens is 1. The molecule has 1 atom stereocenters. The summed E-state index contributed by atoms with van der Waals surface area (Å²) < 4.78 is 12.1. The zero-order valence-corrected chi connectivity index (χ0v) is 20.6. The van der Waals surface area contributed by atoms with E-state index in [1.807, 2.05) is 60.7 Å². The van der Waals surface area contributed by atoms with Crippen LogP contribution >= 0.6 is 0 Å². The highest BCUT2D eigenvalue weighted by molar-refractivity contribution is 5.97. The highest BCUT2D eigenvalue weighted by Crippen LogP contribution is 2.35. The third kappa shape index (κ3) is 5.15. The number of amides is 1. The van der Waals surface area contributed by atoms with Crippen molar-refractivity contribution in [2.45, 2.75) is 25.3 Å². The van der Waals surface area contributed by atoms with Gasteiger partial charge in [-0.15, -0.1) is 0 Å². The molecule has 38 heavy (non-hydrogen) atoms. The Bertz CT molecular complexity index is 1520. The number of nitrogens with one attached hydrogen (secondary N) is 2. The number of carbonyl (C=O) groups excluding carboxylic acids is 1. The van der Waals surface area contributed by atoms with Gasteiger partial charge in [-0.2, -0.15) is 10.4 Å². The van der Waals surface area contributed by atoms with E-state index in [4.69, 9.17) is 9.47 Å². The first-order chi connectivity index (χ1) is 18.7. The van der Waals surface area contributed by atoms with Crippen molar-refractivity contribution in [1.29, 1.82) is 5.26 Å². The second-order valence-corrected chi connectivity index (χ2v) is 9.50. The van der Waals surface area contributed by atoms with E-state index in [1.165, 1.54) is 0 Å². The van der Waals surface area contributed by atoms with Crippen molar-refractivity contribution in [3.8, 4) is 29.1 Å². The number of allylic oxidation sites excluding steroid dienone is 1. The van der Waals surface area contributed by atoms with Crippen molar-refractivity contribution in [2.75, 3.05) is 18.4 Å². The van der Waals surface area contributed by atoms with Crippen LogP contribution < -0.4 is 14.8 Å². The number of ether oxygens (including phenoxy) is 2. The van der Waals surface area contributed by atoms with Gasteiger partial charge in [0, 0.05) is 31.4 Å². The predicted molar refractivity (Wildman–Crippen MR) is 142 cm³/mol. The van der Waals surface area contributed by atoms with Gasteiger partial charge < -0.3 is 19.7 Å². The van der Waals surface area contributed by atoms with Gasteiger partial charge in [-0.05, 0) is 61.6 Å². The lowest BCUT2D eigenvalue weighted by Gasteiger charge is -2.17. The topological polar surface area (TPSA) is 116 Å². The molecule has 0 unspecified atom stereocenters. The molecule has 190 valence electrons. The summed E-state index contributed by atoms with van der Waals surface area (Å²) in [6.07, 6.45) is 6.34. The number of nitrogens with zero attached hydrogens (tertiary/aromatic N) is 4. The van der Waals surface area contributed by atoms with Crippen LogP contribution in [0.4, 0.5) is 5.82 Å². The zero-order valence-electron chi connectivity index (χ0n) is 20.6. The Morgan fingerprint density at radius 3 is 2.50 bits per heavy atom. The lowest BCUT2D eigenvalue weighted by molar-refractivity contribution is -0.125. The van der Waals surface area contributed by atoms with Gasteiger partial charge in [-0.25, -0.2) is 4.98 Å². The number of aromatic nitrogens is 3. The molecule has 9 nitrogen and oxygen atoms in total. The highest BCUT2D eigenvalue weighted by Gasteiger charge is 2.30. The third-order valence-electron chi connectivity index (χ3n) is 6.65. The smallest absolute Gasteiger partial charge is 0.264 e. The van der Waals surface area contributed by atoms with Crippen LogP contribution in [0, 0.1) is 17.2 Å². The minimum Gasteiger partial charge on any atom is -0.457 e. The Kier molecular flexibility index (Phi) is 6.36. The first kappa shape index (κ1) is 23.6. The first-order valence-electron chi connectivity index (χ1n) is 12.7. The second-order valence-electron chi connectivity index (χ2n) is 9.50. The van der Waals surface area contributed by atoms with E-state index in [-0.39, 0.29) is 17.5 Å². The van der Waals surface area contributed by atoms with Crippen LogP contribution in [0.5, 0.6) is 23.0 Å². The van der Waals surface area contributed by atoms with Crippen molar-refractivity contribution in [2.24, 2.45) is 5.92 Å². The monoisotopic (exact) mass is 506 g/mol. The molecule has 1 saturated carbocycles. The Morgan fingerprint density at radius 2 is 1.76 bits per heavy atom. The maximum Gasteiger partial charge on any atom is 0.264 e. The number of anilines is 1. The standard InChI is InChI=1S/C29H26N6O3/c30-17-20(16-19-6-7-19)29(36)35-15-13-21(18-35)32-28-26-25(12-14-31-27(26)33-34-28)38-24-10-8-23(9-11-24)37-22-4-2-1-3-5-22/h1-5,8-12,14,16,19,21H,6-7,13,15,18H2,(H2,31,32,33,34)/b20-16-/t21-/m1/s1. The van der Waals surface area contributed by atoms with Crippen LogP contribution in [-0.4, -0.2) is 45.1 Å². The van der Waals surface area contributed by atoms with Crippen LogP contribution in [0.2, 0.25) is 0 Å². The van der Waals surface area contributed by atoms with Crippen molar-refractivity contribution in [3.05, 3.63) is 78.5 Å². The number of hydrogen-bond donors (Lipinski definition) is 2. The summed E-state index contributed by atoms with van der Waals surface area (Å²) in [6, 6.07) is 20.9. The SMILES string of the molecule is N#C/C(=C/C1CC1)C(=O)N1CC[C@@H](Nc2n[nH]c3nccc(Oc4ccc(Oc5ccccc5)cc4)c23)C1. The van der Waals surface area contributed by atoms with E-state index < -0.39 is 0 Å². The summed E-state index contributed by atoms with van der Waals surface area (Å²) in [5, 5.41) is 21.0. The van der Waals surface area contributed by atoms with Gasteiger partial charge in [0.2, 0.25) is 0 Å². The van der Waals surface area contributed by atoms with Crippen LogP contribution in [0.3, 0.4) is 0 Å². The van der Waals surface area contributed by atoms with Gasteiger partial charge in [-0.3, -0.25) is 9.89 Å². The fourth-order valence-electron chi connectivity index (χ4n) is 4.52. The number of aromatic amines is 1. The number of pyridine rings is 1. The largest absolute Gasteiger partial charge is 0.457 e. The Labute approximate surface area is 219 Å². The predicted octanol–water partition coefficient (Wildman–Crippen LogP) is 5.42. The molecule has 2 aliphatic rings. The summed E-state index contributed by atoms with van der Waals surface area (Å²) in [5.74, 6) is 3.52. The van der Waals surface area contributed by atoms with Gasteiger partial charge in [0.05, 0.1) is 0 Å². The number of likely N-dealkylation sites (tertiary alicyclic amines) is 1. The number of fused-ring (bicyclic) bond motifs is 1. The summed E-state index contributed by atoms with van der Waals surface area (Å²) in [4.78, 5) is 18.9. The third-order valence-corrected chi connectivity index (χ3v) is 6.65. The fourth-order valence-corrected chi connectivity index (χ4v) is 4.52. The molecule has 2 aromatic heterocycles. The van der Waals surface area contributed by atoms with Crippen molar-refractivity contribution in [1.82, 2.24) is 20.1 Å². The van der Waals surface area contributed by atoms with Gasteiger partial charge in [0.25, 0.3) is 5.91 Å². The van der Waals surface area contributed by atoms with E-state index in [0.29, 0.717) is 47.7 Å². The summed E-state index contributed by atoms with van der Waals surface area (Å²) in [6.45, 7) is 1.08. The zero-order chi connectivity index (χ0) is 25.9. The second kappa shape index (κ2) is 10.3. The molecule has 2 fully saturated rings. The molecule has 1 saturated heterocycles. The summed E-state index contributed by atoms with van der Waals surface area (Å²) in [5.41, 5.74) is 0.845. The number of hydrogen-bond acceptors (Lipinski definition) is 7. The minimum absolute atomic E-state index is 0.00575. The highest BCUT2D eigenvalue weighted by atomic mass is 16.5. The van der Waals surface area contributed by atoms with E-state index >= 15 is 0 Å². The van der Waals surface area contributed by atoms with Gasteiger partial charge in [0.1, 0.15) is 40.0 Å². The molecule has 9 heteroatoms. The maximum atomic E-state index is 12.8. The van der Waals surface area contributed by atoms with Crippen LogP contribution in [0.25, 0.3) is 11.0 Å². The van der Waals surface area contributed by atoms with Gasteiger partial charge in [0.15, 0.2) is 11.5 Å². The van der Waals surface area contributed by atoms with Crippen molar-refractivity contribution < 1.29 is 14.3 Å². The van der Waals surface area contributed by atoms with E-state index in [2.05, 4.69) is 26.6 Å². The Morgan fingerprint density at radius 1 is 1.03 bits per heavy atom. The Balaban J connectivity index is 1.15. The molecule has 1 amide bonds. The fraction of sp³-hybridized carbons (Fsp3) is 0.241. The number of carbonyl (C=O) groups is 1. The molecule has 4 aromatic rings. The molecule has 0 spiro atoms. The normalized spacial score (nSPS) is 17.3. The lowest BCUT2D eigenvalue weighted by Crippen LogP contribution is -2.32. The van der Waals surface area contributed by atoms with Crippen LogP contribution in [-0.2, 0) is 4.79 Å². The minimum atomic E-state index is -0.194. The average molecular weight is 507 g/mol. The van der Waals surface area contributed by atoms with Gasteiger partial charge >= 0.3 is 0 Å². The van der Waals surface area contributed by atoms with E-state index in [1.54, 1.807) is 17.2 Å². The quantitative estimate of drug-likeness (QED) is 0.242. The molecule has 2 N–H and O–H groups in total. The molecule has 0 radical (unpaired) electrons. The summed E-state index contributed by atoms with van der Waals surface area (Å²) >= 11 is 0. The van der Waals surface area contributed by atoms with E-state index in [0.717, 1.165) is 30.4 Å². The first-order valence-corrected chi connectivity index (χ1v) is 12.7. The lowest BCUT2D eigenvalue weighted by atomic mass is 10.2. The summed E-state index contributed by atoms with van der Waals surface area (Å²) in [7, 11) is 0. The molecule has 1 aliphatic heterocycles. The van der Waals surface area contributed by atoms with Crippen LogP contribution in [0.15, 0.2) is 78.5 Å². The number of para-hydroxylation sites is 1. The maximum absolute atomic E-state index is 12.8. The number of benzene rings is 2.